The van der Waals surface area contributed by atoms with Gasteiger partial charge in [-0.25, -0.2) is 11.8 Å². The van der Waals surface area contributed by atoms with Crippen LogP contribution in [0.15, 0.2) is 0 Å². The number of nitrogens with two attached hydrogens (primary N) is 2. The van der Waals surface area contributed by atoms with Gasteiger partial charge in [0.1, 0.15) is 0 Å². The molecule has 0 aliphatic heterocycles. The molecule has 46 valence electrons. The first-order valence-electron chi connectivity index (χ1n) is 0.964. The number of aliphatic hydroxyl groups excluding tert-OH is 1. The summed E-state index contributed by atoms with van der Waals surface area (Å²) >= 11 is 0. The minimum Gasteiger partial charge on any atom is -0.400 e. The number of rotatable bonds is 0. The SMILES string of the molecule is CO.NO.NO.[HH].[HH]. The molecular formula is CH14N2O3. The predicted octanol–water partition coefficient (Wildman–Crippen LogP) is -1.23. The maximum Gasteiger partial charge on any atom is 0.0319 e. The van der Waals surface area contributed by atoms with E-state index in [1.807, 2.05) is 0 Å². The van der Waals surface area contributed by atoms with E-state index in [2.05, 4.69) is 11.8 Å². The van der Waals surface area contributed by atoms with Crippen LogP contribution in [-0.4, -0.2) is 22.6 Å². The topological polar surface area (TPSA) is 113 Å². The molecule has 0 atom stereocenters. The van der Waals surface area contributed by atoms with Gasteiger partial charge in [0.05, 0.1) is 0 Å². The normalized spacial score (nSPS) is 3.00. The Morgan fingerprint density at radius 3 is 1.00 bits per heavy atom. The summed E-state index contributed by atoms with van der Waals surface area (Å²) in [4.78, 5) is 0. The molecule has 0 aliphatic carbocycles. The van der Waals surface area contributed by atoms with Gasteiger partial charge in [0, 0.05) is 9.96 Å². The Morgan fingerprint density at radius 2 is 1.00 bits per heavy atom. The number of hydrogen-bond acceptors (Lipinski definition) is 5. The van der Waals surface area contributed by atoms with Gasteiger partial charge in [-0.2, -0.15) is 0 Å². The monoisotopic (exact) mass is 102 g/mol. The Bertz CT molecular complexity index is 15.2. The number of aliphatic hydroxyl groups is 1. The van der Waals surface area contributed by atoms with E-state index in [0.717, 1.165) is 7.11 Å². The third kappa shape index (κ3) is 745. The first-order valence-corrected chi connectivity index (χ1v) is 0.964. The first kappa shape index (κ1) is 17.0. The second kappa shape index (κ2) is 1730. The molecule has 0 spiro atoms. The molecule has 0 aliphatic rings. The van der Waals surface area contributed by atoms with Crippen LogP contribution in [0.25, 0.3) is 0 Å². The summed E-state index contributed by atoms with van der Waals surface area (Å²) in [6, 6.07) is 0. The quantitative estimate of drug-likeness (QED) is 0.246. The van der Waals surface area contributed by atoms with Crippen LogP contribution in [0, 0.1) is 0 Å². The zero-order chi connectivity index (χ0) is 6.00. The van der Waals surface area contributed by atoms with Gasteiger partial charge in [0.25, 0.3) is 0 Å². The zero-order valence-corrected chi connectivity index (χ0v) is 3.50. The summed E-state index contributed by atoms with van der Waals surface area (Å²) in [7, 11) is 1.00. The van der Waals surface area contributed by atoms with Crippen molar-refractivity contribution in [2.75, 3.05) is 7.11 Å². The molecule has 0 aromatic rings. The largest absolute Gasteiger partial charge is 0.400 e. The van der Waals surface area contributed by atoms with Gasteiger partial charge < -0.3 is 15.5 Å². The Hall–Kier alpha value is -0.200. The molecule has 7 N–H and O–H groups in total. The highest BCUT2D eigenvalue weighted by Gasteiger charge is 0.839. The fourth-order valence-corrected chi connectivity index (χ4v) is 0. The molecule has 5 heteroatoms. The molecule has 0 aromatic carbocycles. The van der Waals surface area contributed by atoms with Crippen molar-refractivity contribution in [1.29, 1.82) is 0 Å². The van der Waals surface area contributed by atoms with Gasteiger partial charge >= 0.3 is 0 Å². The number of hydrogen-bond donors (Lipinski definition) is 5. The van der Waals surface area contributed by atoms with Crippen molar-refractivity contribution < 1.29 is 18.4 Å². The van der Waals surface area contributed by atoms with Crippen LogP contribution in [0.2, 0.25) is 0 Å². The molecule has 0 heterocycles. The van der Waals surface area contributed by atoms with Gasteiger partial charge in [-0.15, -0.1) is 0 Å². The van der Waals surface area contributed by atoms with Crippen LogP contribution in [0.1, 0.15) is 2.85 Å². The molecule has 0 saturated carbocycles. The zero-order valence-electron chi connectivity index (χ0n) is 3.50. The third-order valence-electron chi connectivity index (χ3n) is 0. The minimum atomic E-state index is 0. The third-order valence-corrected chi connectivity index (χ3v) is 0. The van der Waals surface area contributed by atoms with E-state index in [1.165, 1.54) is 0 Å². The van der Waals surface area contributed by atoms with E-state index < -0.39 is 0 Å². The van der Waals surface area contributed by atoms with E-state index in [0.29, 0.717) is 0 Å². The summed E-state index contributed by atoms with van der Waals surface area (Å²) in [5.74, 6) is 7.00. The highest BCUT2D eigenvalue weighted by atomic mass is 16.4. The van der Waals surface area contributed by atoms with E-state index in [-0.39, 0.29) is 2.85 Å². The molecule has 0 fully saturated rings. The summed E-state index contributed by atoms with van der Waals surface area (Å²) in [6.07, 6.45) is 0. The lowest BCUT2D eigenvalue weighted by atomic mass is 11.8. The van der Waals surface area contributed by atoms with Crippen LogP contribution in [0.3, 0.4) is 0 Å². The van der Waals surface area contributed by atoms with E-state index in [9.17, 15) is 0 Å². The van der Waals surface area contributed by atoms with Gasteiger partial charge in [0.15, 0.2) is 0 Å². The van der Waals surface area contributed by atoms with Crippen molar-refractivity contribution in [2.45, 2.75) is 0 Å². The smallest absolute Gasteiger partial charge is 0.0319 e. The molecule has 0 radical (unpaired) electrons. The molecule has 0 unspecified atom stereocenters. The lowest BCUT2D eigenvalue weighted by Gasteiger charge is -1.27. The fraction of sp³-hybridized carbons (Fsp3) is 1.00. The standard InChI is InChI=1S/CH4O.2H3NO.2H2/c3*1-2;;/h2H,1H3;2*2H,1H2;2*1H. The highest BCUT2D eigenvalue weighted by molar-refractivity contribution is 3.18. The Morgan fingerprint density at radius 1 is 1.00 bits per heavy atom. The second-order valence-corrected chi connectivity index (χ2v) is 0. The second-order valence-electron chi connectivity index (χ2n) is 0. The molecule has 5 nitrogen and oxygen atoms in total. The van der Waals surface area contributed by atoms with Crippen molar-refractivity contribution in [3.05, 3.63) is 0 Å². The van der Waals surface area contributed by atoms with E-state index >= 15 is 0 Å². The first-order chi connectivity index (χ1) is 3.00. The van der Waals surface area contributed by atoms with Crippen LogP contribution in [-0.2, 0) is 0 Å². The molecule has 0 aromatic heterocycles. The van der Waals surface area contributed by atoms with Crippen molar-refractivity contribution in [1.82, 2.24) is 0 Å². The average molecular weight is 102 g/mol. The summed E-state index contributed by atoms with van der Waals surface area (Å²) in [5.41, 5.74) is 0. The van der Waals surface area contributed by atoms with E-state index in [1.54, 1.807) is 0 Å². The maximum atomic E-state index is 7.00. The van der Waals surface area contributed by atoms with Crippen LogP contribution >= 0.6 is 0 Å². The van der Waals surface area contributed by atoms with Crippen molar-refractivity contribution >= 4 is 0 Å². The van der Waals surface area contributed by atoms with Crippen molar-refractivity contribution in [2.24, 2.45) is 11.8 Å². The van der Waals surface area contributed by atoms with Crippen LogP contribution in [0.4, 0.5) is 0 Å². The average Bonchev–Trinajstić information content (AvgIpc) is 1.81. The van der Waals surface area contributed by atoms with Crippen LogP contribution < -0.4 is 11.8 Å². The molecular weight excluding hydrogens is 88.0 g/mol. The lowest BCUT2D eigenvalue weighted by Crippen LogP contribution is -1.72. The lowest BCUT2D eigenvalue weighted by molar-refractivity contribution is 0.311. The highest BCUT2D eigenvalue weighted by Crippen LogP contribution is 0.755. The molecule has 6 heavy (non-hydrogen) atoms. The molecule has 0 amide bonds. The van der Waals surface area contributed by atoms with Gasteiger partial charge in [-0.3, -0.25) is 0 Å². The Balaban J connectivity index is -0.00000000500. The summed E-state index contributed by atoms with van der Waals surface area (Å²) in [6.45, 7) is 0. The Labute approximate surface area is 38.7 Å². The summed E-state index contributed by atoms with van der Waals surface area (Å²) in [5, 5.41) is 20.0. The minimum absolute atomic E-state index is 0. The van der Waals surface area contributed by atoms with Crippen molar-refractivity contribution in [3.63, 3.8) is 0 Å². The van der Waals surface area contributed by atoms with Gasteiger partial charge in [-0.05, 0) is 0 Å². The summed E-state index contributed by atoms with van der Waals surface area (Å²) < 4.78 is 0. The Kier molecular flexibility index (Phi) is 4920. The fourth-order valence-electron chi connectivity index (χ4n) is 0. The predicted molar refractivity (Wildman–Crippen MR) is 24.3 cm³/mol. The van der Waals surface area contributed by atoms with E-state index in [4.69, 9.17) is 15.5 Å². The molecule has 0 rings (SSSR count). The molecule has 0 bridgehead atoms. The van der Waals surface area contributed by atoms with Gasteiger partial charge in [0.2, 0.25) is 0 Å². The maximum absolute atomic E-state index is 7.00. The van der Waals surface area contributed by atoms with Gasteiger partial charge in [-0.1, -0.05) is 0 Å². The van der Waals surface area contributed by atoms with Crippen LogP contribution in [0.5, 0.6) is 0 Å². The molecule has 0 saturated heterocycles. The van der Waals surface area contributed by atoms with Crippen molar-refractivity contribution in [3.8, 4) is 0 Å².